The highest BCUT2D eigenvalue weighted by Gasteiger charge is 2.14. The Morgan fingerprint density at radius 3 is 2.29 bits per heavy atom. The fourth-order valence-electron chi connectivity index (χ4n) is 4.00. The molecule has 28 heavy (non-hydrogen) atoms. The van der Waals surface area contributed by atoms with Crippen molar-refractivity contribution in [3.05, 3.63) is 48.0 Å². The molecule has 0 N–H and O–H groups in total. The van der Waals surface area contributed by atoms with Gasteiger partial charge >= 0.3 is 0 Å². The van der Waals surface area contributed by atoms with E-state index >= 15 is 0 Å². The number of sulfone groups is 1. The summed E-state index contributed by atoms with van der Waals surface area (Å²) in [5.74, 6) is 0.336. The van der Waals surface area contributed by atoms with Crippen LogP contribution >= 0.6 is 0 Å². The lowest BCUT2D eigenvalue weighted by atomic mass is 10.0. The van der Waals surface area contributed by atoms with Crippen LogP contribution in [0.4, 0.5) is 0 Å². The van der Waals surface area contributed by atoms with Crippen LogP contribution in [-0.2, 0) is 22.8 Å². The fourth-order valence-corrected chi connectivity index (χ4v) is 5.07. The molecule has 3 aromatic rings. The number of benzene rings is 2. The first-order valence-corrected chi connectivity index (χ1v) is 12.4. The van der Waals surface area contributed by atoms with Gasteiger partial charge in [-0.25, -0.2) is 8.42 Å². The standard InChI is InChI=1S/C24H33NO2S/c1-4-25-23-14-10-9-13-21(23)22-18-20(15-16-24(22)25)12-8-6-5-7-11-17-28(26,27)19(2)3/h9-10,13-16,18-19H,4-8,11-12,17H2,1-3H3. The van der Waals surface area contributed by atoms with Gasteiger partial charge in [0.2, 0.25) is 0 Å². The quantitative estimate of drug-likeness (QED) is 0.385. The number of nitrogens with zero attached hydrogens (tertiary/aromatic N) is 1. The molecule has 0 aliphatic rings. The highest BCUT2D eigenvalue weighted by molar-refractivity contribution is 7.91. The molecule has 0 fully saturated rings. The van der Waals surface area contributed by atoms with Gasteiger partial charge in [-0.2, -0.15) is 0 Å². The van der Waals surface area contributed by atoms with Crippen molar-refractivity contribution >= 4 is 31.6 Å². The van der Waals surface area contributed by atoms with E-state index in [0.717, 1.165) is 45.1 Å². The number of hydrogen-bond donors (Lipinski definition) is 0. The Hall–Kier alpha value is -1.81. The largest absolute Gasteiger partial charge is 0.341 e. The zero-order valence-corrected chi connectivity index (χ0v) is 18.3. The third-order valence-corrected chi connectivity index (χ3v) is 8.06. The molecular formula is C24H33NO2S. The second-order valence-electron chi connectivity index (χ2n) is 8.05. The van der Waals surface area contributed by atoms with E-state index in [1.165, 1.54) is 27.4 Å². The first-order valence-electron chi connectivity index (χ1n) is 10.7. The average molecular weight is 400 g/mol. The summed E-state index contributed by atoms with van der Waals surface area (Å²) in [6.45, 7) is 6.72. The minimum absolute atomic E-state index is 0.249. The highest BCUT2D eigenvalue weighted by Crippen LogP contribution is 2.30. The minimum atomic E-state index is -2.87. The van der Waals surface area contributed by atoms with Gasteiger partial charge < -0.3 is 4.57 Å². The third-order valence-electron chi connectivity index (χ3n) is 5.77. The summed E-state index contributed by atoms with van der Waals surface area (Å²) in [5.41, 5.74) is 4.03. The molecule has 0 amide bonds. The molecule has 0 atom stereocenters. The minimum Gasteiger partial charge on any atom is -0.341 e. The zero-order valence-electron chi connectivity index (χ0n) is 17.4. The molecule has 0 bridgehead atoms. The lowest BCUT2D eigenvalue weighted by molar-refractivity contribution is 0.577. The maximum Gasteiger partial charge on any atom is 0.152 e. The number of aromatic nitrogens is 1. The van der Waals surface area contributed by atoms with Crippen molar-refractivity contribution < 1.29 is 8.42 Å². The van der Waals surface area contributed by atoms with E-state index in [4.69, 9.17) is 0 Å². The normalized spacial score (nSPS) is 12.4. The third kappa shape index (κ3) is 4.60. The van der Waals surface area contributed by atoms with Gasteiger partial charge in [-0.15, -0.1) is 0 Å². The van der Waals surface area contributed by atoms with Crippen molar-refractivity contribution in [2.45, 2.75) is 71.1 Å². The van der Waals surface area contributed by atoms with Gasteiger partial charge in [0, 0.05) is 28.4 Å². The van der Waals surface area contributed by atoms with Gasteiger partial charge in [-0.1, -0.05) is 43.5 Å². The first kappa shape index (κ1) is 20.9. The molecule has 1 heterocycles. The summed E-state index contributed by atoms with van der Waals surface area (Å²) < 4.78 is 26.0. The maximum atomic E-state index is 11.8. The van der Waals surface area contributed by atoms with Crippen molar-refractivity contribution in [2.24, 2.45) is 0 Å². The monoisotopic (exact) mass is 399 g/mol. The second-order valence-corrected chi connectivity index (χ2v) is 10.7. The molecule has 0 radical (unpaired) electrons. The molecule has 0 aliphatic heterocycles. The van der Waals surface area contributed by atoms with Crippen molar-refractivity contribution in [1.29, 1.82) is 0 Å². The Kier molecular flexibility index (Phi) is 6.82. The first-order chi connectivity index (χ1) is 13.4. The molecule has 4 heteroatoms. The van der Waals surface area contributed by atoms with Crippen LogP contribution in [0.25, 0.3) is 21.8 Å². The highest BCUT2D eigenvalue weighted by atomic mass is 32.2. The summed E-state index contributed by atoms with van der Waals surface area (Å²) in [5, 5.41) is 2.45. The van der Waals surface area contributed by atoms with Crippen LogP contribution in [0, 0.1) is 0 Å². The summed E-state index contributed by atoms with van der Waals surface area (Å²) in [6, 6.07) is 15.6. The predicted octanol–water partition coefficient (Wildman–Crippen LogP) is 6.13. The molecule has 1 aromatic heterocycles. The molecule has 152 valence electrons. The Morgan fingerprint density at radius 2 is 1.54 bits per heavy atom. The van der Waals surface area contributed by atoms with Gasteiger partial charge in [0.15, 0.2) is 9.84 Å². The van der Waals surface area contributed by atoms with Crippen LogP contribution in [0.15, 0.2) is 42.5 Å². The molecule has 3 rings (SSSR count). The predicted molar refractivity (Wildman–Crippen MR) is 121 cm³/mol. The number of hydrogen-bond acceptors (Lipinski definition) is 2. The van der Waals surface area contributed by atoms with Crippen LogP contribution in [0.5, 0.6) is 0 Å². The van der Waals surface area contributed by atoms with Crippen LogP contribution in [0.1, 0.15) is 58.4 Å². The van der Waals surface area contributed by atoms with E-state index in [0.29, 0.717) is 5.75 Å². The summed E-state index contributed by atoms with van der Waals surface area (Å²) in [7, 11) is -2.87. The van der Waals surface area contributed by atoms with Crippen molar-refractivity contribution in [2.75, 3.05) is 5.75 Å². The average Bonchev–Trinajstić information content (AvgIpc) is 3.00. The molecule has 0 spiro atoms. The van der Waals surface area contributed by atoms with Crippen LogP contribution < -0.4 is 0 Å². The Labute approximate surface area is 169 Å². The van der Waals surface area contributed by atoms with E-state index < -0.39 is 9.84 Å². The number of fused-ring (bicyclic) bond motifs is 3. The molecule has 0 unspecified atom stereocenters. The Balaban J connectivity index is 1.54. The van der Waals surface area contributed by atoms with Crippen molar-refractivity contribution in [1.82, 2.24) is 4.57 Å². The van der Waals surface area contributed by atoms with E-state index in [1.54, 1.807) is 13.8 Å². The lowest BCUT2D eigenvalue weighted by Crippen LogP contribution is -2.17. The van der Waals surface area contributed by atoms with Gasteiger partial charge in [0.05, 0.1) is 11.0 Å². The topological polar surface area (TPSA) is 39.1 Å². The molecule has 3 nitrogen and oxygen atoms in total. The van der Waals surface area contributed by atoms with Gasteiger partial charge in [-0.05, 0) is 63.8 Å². The van der Waals surface area contributed by atoms with Crippen molar-refractivity contribution in [3.8, 4) is 0 Å². The lowest BCUT2D eigenvalue weighted by Gasteiger charge is -2.07. The van der Waals surface area contributed by atoms with E-state index in [-0.39, 0.29) is 5.25 Å². The number of para-hydroxylation sites is 1. The maximum absolute atomic E-state index is 11.8. The summed E-state index contributed by atoms with van der Waals surface area (Å²) in [4.78, 5) is 0. The summed E-state index contributed by atoms with van der Waals surface area (Å²) >= 11 is 0. The number of aryl methyl sites for hydroxylation is 2. The molecule has 0 aliphatic carbocycles. The molecule has 0 saturated heterocycles. The van der Waals surface area contributed by atoms with Gasteiger partial charge in [-0.3, -0.25) is 0 Å². The van der Waals surface area contributed by atoms with Gasteiger partial charge in [0.1, 0.15) is 0 Å². The molecule has 2 aromatic carbocycles. The number of unbranched alkanes of at least 4 members (excludes halogenated alkanes) is 4. The number of rotatable bonds is 10. The van der Waals surface area contributed by atoms with Crippen LogP contribution in [-0.4, -0.2) is 24.0 Å². The molecule has 0 saturated carbocycles. The summed E-state index contributed by atoms with van der Waals surface area (Å²) in [6.07, 6.45) is 6.33. The smallest absolute Gasteiger partial charge is 0.152 e. The molecular weight excluding hydrogens is 366 g/mol. The van der Waals surface area contributed by atoms with Crippen molar-refractivity contribution in [3.63, 3.8) is 0 Å². The van der Waals surface area contributed by atoms with E-state index in [1.807, 2.05) is 0 Å². The van der Waals surface area contributed by atoms with E-state index in [9.17, 15) is 8.42 Å². The van der Waals surface area contributed by atoms with E-state index in [2.05, 4.69) is 54.0 Å². The fraction of sp³-hybridized carbons (Fsp3) is 0.500. The van der Waals surface area contributed by atoms with Crippen LogP contribution in [0.3, 0.4) is 0 Å². The second kappa shape index (κ2) is 9.13. The Morgan fingerprint density at radius 1 is 0.857 bits per heavy atom. The van der Waals surface area contributed by atoms with Crippen LogP contribution in [0.2, 0.25) is 0 Å². The SMILES string of the molecule is CCn1c2ccccc2c2cc(CCCCCCCS(=O)(=O)C(C)C)ccc21. The van der Waals surface area contributed by atoms with Gasteiger partial charge in [0.25, 0.3) is 0 Å². The Bertz CT molecular complexity index is 1030. The zero-order chi connectivity index (χ0) is 20.1.